The van der Waals surface area contributed by atoms with Gasteiger partial charge >= 0.3 is 5.97 Å². The van der Waals surface area contributed by atoms with Crippen LogP contribution in [-0.2, 0) is 9.53 Å². The second-order valence-corrected chi connectivity index (χ2v) is 6.45. The van der Waals surface area contributed by atoms with Gasteiger partial charge in [0.15, 0.2) is 10.8 Å². The lowest BCUT2D eigenvalue weighted by atomic mass is 10.2. The molecule has 1 aliphatic heterocycles. The van der Waals surface area contributed by atoms with Crippen molar-refractivity contribution in [3.63, 3.8) is 0 Å². The van der Waals surface area contributed by atoms with Gasteiger partial charge in [-0.1, -0.05) is 0 Å². The molecule has 1 fully saturated rings. The van der Waals surface area contributed by atoms with Crippen LogP contribution in [0.2, 0.25) is 0 Å². The zero-order valence-corrected chi connectivity index (χ0v) is 13.3. The van der Waals surface area contributed by atoms with Crippen LogP contribution < -0.4 is 0 Å². The Morgan fingerprint density at radius 3 is 3.04 bits per heavy atom. The molecule has 0 spiro atoms. The number of hydrogen-bond donors (Lipinski definition) is 1. The number of carboxylic acids is 1. The van der Waals surface area contributed by atoms with Gasteiger partial charge in [0.05, 0.1) is 25.4 Å². The SMILES string of the molecule is Cc1sc(-c2ccco2)nc1C(=O)N1CCO[C@H](CC(=O)O)C1. The third-order valence-corrected chi connectivity index (χ3v) is 4.54. The van der Waals surface area contributed by atoms with Crippen molar-refractivity contribution in [2.75, 3.05) is 19.7 Å². The highest BCUT2D eigenvalue weighted by molar-refractivity contribution is 7.15. The van der Waals surface area contributed by atoms with Crippen molar-refractivity contribution >= 4 is 23.2 Å². The smallest absolute Gasteiger partial charge is 0.306 e. The molecule has 0 saturated carbocycles. The van der Waals surface area contributed by atoms with Crippen LogP contribution in [0.25, 0.3) is 10.8 Å². The summed E-state index contributed by atoms with van der Waals surface area (Å²) in [5, 5.41) is 9.51. The van der Waals surface area contributed by atoms with E-state index in [1.54, 1.807) is 23.3 Å². The van der Waals surface area contributed by atoms with Crippen LogP contribution in [0.15, 0.2) is 22.8 Å². The number of rotatable bonds is 4. The second-order valence-electron chi connectivity index (χ2n) is 5.24. The number of carboxylic acid groups (broad SMARTS) is 1. The molecule has 3 heterocycles. The summed E-state index contributed by atoms with van der Waals surface area (Å²) in [6, 6.07) is 3.57. The molecule has 2 aromatic heterocycles. The zero-order chi connectivity index (χ0) is 16.4. The van der Waals surface area contributed by atoms with Gasteiger partial charge < -0.3 is 19.2 Å². The summed E-state index contributed by atoms with van der Waals surface area (Å²) in [6.07, 6.45) is 0.970. The van der Waals surface area contributed by atoms with E-state index in [1.165, 1.54) is 11.3 Å². The van der Waals surface area contributed by atoms with Gasteiger partial charge in [0.25, 0.3) is 5.91 Å². The normalized spacial score (nSPS) is 18.1. The predicted molar refractivity (Wildman–Crippen MR) is 82.4 cm³/mol. The van der Waals surface area contributed by atoms with E-state index in [9.17, 15) is 9.59 Å². The Hall–Kier alpha value is -2.19. The molecule has 0 radical (unpaired) electrons. The topological polar surface area (TPSA) is 92.9 Å². The molecular formula is C15H16N2O5S. The summed E-state index contributed by atoms with van der Waals surface area (Å²) >= 11 is 1.40. The highest BCUT2D eigenvalue weighted by atomic mass is 32.1. The fourth-order valence-electron chi connectivity index (χ4n) is 2.47. The Bertz CT molecular complexity index is 710. The van der Waals surface area contributed by atoms with Gasteiger partial charge in [0, 0.05) is 18.0 Å². The number of carbonyl (C=O) groups excluding carboxylic acids is 1. The molecule has 1 saturated heterocycles. The van der Waals surface area contributed by atoms with E-state index < -0.39 is 12.1 Å². The van der Waals surface area contributed by atoms with Crippen LogP contribution in [0.4, 0.5) is 0 Å². The van der Waals surface area contributed by atoms with Crippen LogP contribution in [-0.4, -0.2) is 52.7 Å². The Morgan fingerprint density at radius 2 is 2.35 bits per heavy atom. The lowest BCUT2D eigenvalue weighted by Gasteiger charge is -2.32. The van der Waals surface area contributed by atoms with E-state index in [2.05, 4.69) is 4.98 Å². The van der Waals surface area contributed by atoms with Gasteiger partial charge in [-0.3, -0.25) is 9.59 Å². The number of ether oxygens (including phenoxy) is 1. The molecule has 1 amide bonds. The largest absolute Gasteiger partial charge is 0.481 e. The third kappa shape index (κ3) is 3.43. The Morgan fingerprint density at radius 1 is 1.52 bits per heavy atom. The molecule has 1 N–H and O–H groups in total. The van der Waals surface area contributed by atoms with Crippen molar-refractivity contribution < 1.29 is 23.8 Å². The minimum absolute atomic E-state index is 0.114. The molecule has 23 heavy (non-hydrogen) atoms. The first-order valence-corrected chi connectivity index (χ1v) is 8.00. The number of aromatic nitrogens is 1. The average molecular weight is 336 g/mol. The Balaban J connectivity index is 1.76. The van der Waals surface area contributed by atoms with Crippen molar-refractivity contribution in [1.29, 1.82) is 0 Å². The third-order valence-electron chi connectivity index (χ3n) is 3.56. The maximum Gasteiger partial charge on any atom is 0.306 e. The average Bonchev–Trinajstić information content (AvgIpc) is 3.15. The van der Waals surface area contributed by atoms with Gasteiger partial charge in [0.1, 0.15) is 5.69 Å². The number of aliphatic carboxylic acids is 1. The molecule has 0 aliphatic carbocycles. The quantitative estimate of drug-likeness (QED) is 0.918. The maximum atomic E-state index is 12.7. The Labute approximate surface area is 136 Å². The van der Waals surface area contributed by atoms with Gasteiger partial charge in [-0.15, -0.1) is 11.3 Å². The van der Waals surface area contributed by atoms with Crippen LogP contribution in [0.1, 0.15) is 21.8 Å². The minimum atomic E-state index is -0.936. The standard InChI is InChI=1S/C15H16N2O5S/c1-9-13(16-14(23-9)11-3-2-5-22-11)15(20)17-4-6-21-10(8-17)7-12(18)19/h2-3,5,10H,4,6-8H2,1H3,(H,18,19)/t10-/m1/s1. The fourth-order valence-corrected chi connectivity index (χ4v) is 3.35. The summed E-state index contributed by atoms with van der Waals surface area (Å²) < 4.78 is 10.7. The minimum Gasteiger partial charge on any atom is -0.481 e. The first-order chi connectivity index (χ1) is 11.0. The zero-order valence-electron chi connectivity index (χ0n) is 12.5. The van der Waals surface area contributed by atoms with E-state index in [-0.39, 0.29) is 18.9 Å². The number of nitrogens with zero attached hydrogens (tertiary/aromatic N) is 2. The molecule has 0 unspecified atom stereocenters. The number of aryl methyl sites for hydroxylation is 1. The summed E-state index contributed by atoms with van der Waals surface area (Å²) in [5.74, 6) is -0.507. The van der Waals surface area contributed by atoms with E-state index in [0.717, 1.165) is 4.88 Å². The lowest BCUT2D eigenvalue weighted by molar-refractivity contribution is -0.141. The first kappa shape index (κ1) is 15.7. The van der Waals surface area contributed by atoms with Gasteiger partial charge in [-0.2, -0.15) is 0 Å². The number of carbonyl (C=O) groups is 2. The molecule has 3 rings (SSSR count). The second kappa shape index (κ2) is 6.51. The molecule has 0 bridgehead atoms. The lowest BCUT2D eigenvalue weighted by Crippen LogP contribution is -2.46. The number of amides is 1. The fraction of sp³-hybridized carbons (Fsp3) is 0.400. The van der Waals surface area contributed by atoms with Crippen LogP contribution in [0.3, 0.4) is 0 Å². The molecule has 0 aromatic carbocycles. The summed E-state index contributed by atoms with van der Waals surface area (Å²) in [6.45, 7) is 2.87. The predicted octanol–water partition coefficient (Wildman–Crippen LogP) is 2.03. The van der Waals surface area contributed by atoms with Crippen molar-refractivity contribution in [3.8, 4) is 10.8 Å². The highest BCUT2D eigenvalue weighted by Gasteiger charge is 2.29. The molecule has 122 valence electrons. The molecule has 7 nitrogen and oxygen atoms in total. The van der Waals surface area contributed by atoms with Gasteiger partial charge in [0.2, 0.25) is 0 Å². The first-order valence-electron chi connectivity index (χ1n) is 7.18. The van der Waals surface area contributed by atoms with Crippen molar-refractivity contribution in [3.05, 3.63) is 29.0 Å². The van der Waals surface area contributed by atoms with Crippen molar-refractivity contribution in [2.24, 2.45) is 0 Å². The van der Waals surface area contributed by atoms with Crippen LogP contribution >= 0.6 is 11.3 Å². The Kier molecular flexibility index (Phi) is 4.44. The highest BCUT2D eigenvalue weighted by Crippen LogP contribution is 2.28. The maximum absolute atomic E-state index is 12.7. The monoisotopic (exact) mass is 336 g/mol. The number of hydrogen-bond acceptors (Lipinski definition) is 6. The molecule has 1 atom stereocenters. The molecule has 1 aliphatic rings. The number of thiazole rings is 1. The van der Waals surface area contributed by atoms with E-state index in [0.29, 0.717) is 29.6 Å². The number of furan rings is 1. The van der Waals surface area contributed by atoms with Crippen LogP contribution in [0.5, 0.6) is 0 Å². The molecular weight excluding hydrogens is 320 g/mol. The van der Waals surface area contributed by atoms with E-state index in [4.69, 9.17) is 14.3 Å². The molecule has 2 aromatic rings. The summed E-state index contributed by atoms with van der Waals surface area (Å²) in [5.41, 5.74) is 0.386. The summed E-state index contributed by atoms with van der Waals surface area (Å²) in [7, 11) is 0. The van der Waals surface area contributed by atoms with E-state index >= 15 is 0 Å². The van der Waals surface area contributed by atoms with Crippen LogP contribution in [0, 0.1) is 6.92 Å². The van der Waals surface area contributed by atoms with Crippen molar-refractivity contribution in [1.82, 2.24) is 9.88 Å². The summed E-state index contributed by atoms with van der Waals surface area (Å²) in [4.78, 5) is 30.3. The molecule has 8 heteroatoms. The van der Waals surface area contributed by atoms with Gasteiger partial charge in [-0.05, 0) is 19.1 Å². The van der Waals surface area contributed by atoms with E-state index in [1.807, 2.05) is 6.92 Å². The van der Waals surface area contributed by atoms with Gasteiger partial charge in [-0.25, -0.2) is 4.98 Å². The number of morpholine rings is 1. The van der Waals surface area contributed by atoms with Crippen molar-refractivity contribution in [2.45, 2.75) is 19.4 Å².